The normalized spacial score (nSPS) is 10.5. The molecule has 72 valence electrons. The number of alkyl halides is 2. The van der Waals surface area contributed by atoms with Gasteiger partial charge in [0.05, 0.1) is 6.61 Å². The minimum Gasteiger partial charge on any atom is -0.417 e. The van der Waals surface area contributed by atoms with Crippen LogP contribution in [0.4, 0.5) is 8.78 Å². The van der Waals surface area contributed by atoms with E-state index >= 15 is 0 Å². The van der Waals surface area contributed by atoms with Crippen LogP contribution < -0.4 is 4.74 Å². The summed E-state index contributed by atoms with van der Waals surface area (Å²) in [5.74, 6) is -0.219. The van der Waals surface area contributed by atoms with Crippen LogP contribution in [-0.2, 0) is 6.61 Å². The fourth-order valence-electron chi connectivity index (χ4n) is 0.921. The van der Waals surface area contributed by atoms with Crippen LogP contribution >= 0.6 is 0 Å². The van der Waals surface area contributed by atoms with Crippen molar-refractivity contribution in [3.63, 3.8) is 0 Å². The summed E-state index contributed by atoms with van der Waals surface area (Å²) in [7, 11) is 0. The Balaban J connectivity index is 2.92. The Morgan fingerprint density at radius 3 is 2.85 bits per heavy atom. The summed E-state index contributed by atoms with van der Waals surface area (Å²) < 4.78 is 27.7. The molecule has 1 N–H and O–H groups in total. The molecule has 0 spiro atoms. The number of ether oxygens (including phenoxy) is 1. The van der Waals surface area contributed by atoms with Gasteiger partial charge in [-0.15, -0.1) is 0 Å². The van der Waals surface area contributed by atoms with Gasteiger partial charge < -0.3 is 9.84 Å². The van der Waals surface area contributed by atoms with Gasteiger partial charge in [0.1, 0.15) is 0 Å². The molecule has 0 saturated carbocycles. The minimum atomic E-state index is -2.92. The average molecular weight is 189 g/mol. The van der Waals surface area contributed by atoms with Crippen molar-refractivity contribution in [2.45, 2.75) is 20.1 Å². The molecule has 1 heterocycles. The number of aryl methyl sites for hydroxylation is 1. The molecule has 0 aliphatic heterocycles. The molecule has 0 aliphatic carbocycles. The van der Waals surface area contributed by atoms with E-state index in [1.54, 1.807) is 13.0 Å². The average Bonchev–Trinajstić information content (AvgIpc) is 2.07. The van der Waals surface area contributed by atoms with E-state index in [0.29, 0.717) is 0 Å². The molecule has 1 rings (SSSR count). The highest BCUT2D eigenvalue weighted by atomic mass is 19.3. The van der Waals surface area contributed by atoms with E-state index in [0.717, 1.165) is 5.56 Å². The van der Waals surface area contributed by atoms with Crippen LogP contribution in [0.2, 0.25) is 0 Å². The molecule has 0 unspecified atom stereocenters. The standard InChI is InChI=1S/C8H9F2NO2/c1-5-2-6(4-12)7(11-3-5)13-8(9)10/h2-3,8,12H,4H2,1H3. The van der Waals surface area contributed by atoms with Gasteiger partial charge in [-0.1, -0.05) is 0 Å². The number of hydrogen-bond acceptors (Lipinski definition) is 3. The fraction of sp³-hybridized carbons (Fsp3) is 0.375. The zero-order valence-electron chi connectivity index (χ0n) is 7.00. The summed E-state index contributed by atoms with van der Waals surface area (Å²) in [5.41, 5.74) is 1.05. The van der Waals surface area contributed by atoms with Gasteiger partial charge >= 0.3 is 6.61 Å². The maximum atomic E-state index is 11.8. The maximum absolute atomic E-state index is 11.8. The first kappa shape index (κ1) is 9.85. The zero-order valence-corrected chi connectivity index (χ0v) is 7.00. The van der Waals surface area contributed by atoms with Gasteiger partial charge in [0.25, 0.3) is 0 Å². The Morgan fingerprint density at radius 1 is 1.62 bits per heavy atom. The molecule has 0 saturated heterocycles. The molecular formula is C8H9F2NO2. The van der Waals surface area contributed by atoms with E-state index in [2.05, 4.69) is 9.72 Å². The molecule has 3 nitrogen and oxygen atoms in total. The largest absolute Gasteiger partial charge is 0.417 e. The van der Waals surface area contributed by atoms with Gasteiger partial charge in [0.2, 0.25) is 5.88 Å². The highest BCUT2D eigenvalue weighted by molar-refractivity contribution is 5.28. The van der Waals surface area contributed by atoms with Crippen LogP contribution in [0.5, 0.6) is 5.88 Å². The van der Waals surface area contributed by atoms with Crippen LogP contribution in [0.25, 0.3) is 0 Å². The number of hydrogen-bond donors (Lipinski definition) is 1. The number of aliphatic hydroxyl groups is 1. The molecule has 0 aromatic carbocycles. The zero-order chi connectivity index (χ0) is 9.84. The lowest BCUT2D eigenvalue weighted by Crippen LogP contribution is -2.06. The first-order valence-electron chi connectivity index (χ1n) is 3.64. The summed E-state index contributed by atoms with van der Waals surface area (Å²) in [5, 5.41) is 8.79. The van der Waals surface area contributed by atoms with Crippen molar-refractivity contribution in [3.8, 4) is 5.88 Å². The smallest absolute Gasteiger partial charge is 0.388 e. The van der Waals surface area contributed by atoms with Gasteiger partial charge in [0.15, 0.2) is 0 Å². The number of aliphatic hydroxyl groups excluding tert-OH is 1. The molecule has 0 amide bonds. The highest BCUT2D eigenvalue weighted by Gasteiger charge is 2.10. The number of nitrogens with zero attached hydrogens (tertiary/aromatic N) is 1. The third-order valence-corrected chi connectivity index (χ3v) is 1.43. The number of rotatable bonds is 3. The monoisotopic (exact) mass is 189 g/mol. The predicted molar refractivity (Wildman–Crippen MR) is 41.5 cm³/mol. The van der Waals surface area contributed by atoms with Crippen molar-refractivity contribution in [1.82, 2.24) is 4.98 Å². The van der Waals surface area contributed by atoms with Gasteiger partial charge in [-0.25, -0.2) is 4.98 Å². The van der Waals surface area contributed by atoms with Crippen LogP contribution in [0.3, 0.4) is 0 Å². The lowest BCUT2D eigenvalue weighted by atomic mass is 10.2. The fourth-order valence-corrected chi connectivity index (χ4v) is 0.921. The van der Waals surface area contributed by atoms with Crippen molar-refractivity contribution >= 4 is 0 Å². The van der Waals surface area contributed by atoms with Crippen molar-refractivity contribution in [3.05, 3.63) is 23.4 Å². The quantitative estimate of drug-likeness (QED) is 0.783. The molecule has 0 radical (unpaired) electrons. The van der Waals surface area contributed by atoms with E-state index in [1.165, 1.54) is 6.20 Å². The SMILES string of the molecule is Cc1cnc(OC(F)F)c(CO)c1. The van der Waals surface area contributed by atoms with Gasteiger partial charge in [-0.2, -0.15) is 8.78 Å². The summed E-state index contributed by atoms with van der Waals surface area (Å²) in [6, 6.07) is 1.55. The predicted octanol–water partition coefficient (Wildman–Crippen LogP) is 1.48. The van der Waals surface area contributed by atoms with Crippen molar-refractivity contribution in [1.29, 1.82) is 0 Å². The molecule has 1 aromatic rings. The lowest BCUT2D eigenvalue weighted by molar-refractivity contribution is -0.0540. The minimum absolute atomic E-state index is 0.219. The second-order valence-corrected chi connectivity index (χ2v) is 2.51. The van der Waals surface area contributed by atoms with Crippen LogP contribution in [0.1, 0.15) is 11.1 Å². The van der Waals surface area contributed by atoms with E-state index in [1.807, 2.05) is 0 Å². The summed E-state index contributed by atoms with van der Waals surface area (Å²) in [6.45, 7) is -1.53. The van der Waals surface area contributed by atoms with E-state index < -0.39 is 6.61 Å². The Hall–Kier alpha value is -1.23. The van der Waals surface area contributed by atoms with Gasteiger partial charge in [-0.05, 0) is 18.6 Å². The van der Waals surface area contributed by atoms with Crippen molar-refractivity contribution in [2.75, 3.05) is 0 Å². The number of pyridine rings is 1. The first-order chi connectivity index (χ1) is 6.13. The second kappa shape index (κ2) is 4.13. The topological polar surface area (TPSA) is 42.4 Å². The molecule has 1 aromatic heterocycles. The Kier molecular flexibility index (Phi) is 3.13. The Morgan fingerprint density at radius 2 is 2.31 bits per heavy atom. The van der Waals surface area contributed by atoms with Crippen LogP contribution in [-0.4, -0.2) is 16.7 Å². The van der Waals surface area contributed by atoms with Crippen LogP contribution in [0.15, 0.2) is 12.3 Å². The molecule has 0 aliphatic rings. The van der Waals surface area contributed by atoms with E-state index in [9.17, 15) is 8.78 Å². The molecule has 0 fully saturated rings. The Bertz CT molecular complexity index is 291. The molecule has 5 heteroatoms. The third-order valence-electron chi connectivity index (χ3n) is 1.43. The number of aromatic nitrogens is 1. The summed E-state index contributed by atoms with van der Waals surface area (Å²) in [4.78, 5) is 3.63. The highest BCUT2D eigenvalue weighted by Crippen LogP contribution is 2.18. The molecule has 0 atom stereocenters. The van der Waals surface area contributed by atoms with Crippen LogP contribution in [0, 0.1) is 6.92 Å². The lowest BCUT2D eigenvalue weighted by Gasteiger charge is -2.07. The summed E-state index contributed by atoms with van der Waals surface area (Å²) in [6.07, 6.45) is 1.40. The van der Waals surface area contributed by atoms with Crippen molar-refractivity contribution < 1.29 is 18.6 Å². The second-order valence-electron chi connectivity index (χ2n) is 2.51. The summed E-state index contributed by atoms with van der Waals surface area (Å²) >= 11 is 0. The molecule has 13 heavy (non-hydrogen) atoms. The number of halogens is 2. The van der Waals surface area contributed by atoms with Gasteiger partial charge in [0, 0.05) is 11.8 Å². The van der Waals surface area contributed by atoms with E-state index in [-0.39, 0.29) is 18.1 Å². The van der Waals surface area contributed by atoms with Gasteiger partial charge in [-0.3, -0.25) is 0 Å². The molecule has 0 bridgehead atoms. The first-order valence-corrected chi connectivity index (χ1v) is 3.64. The Labute approximate surface area is 74.0 Å². The van der Waals surface area contributed by atoms with E-state index in [4.69, 9.17) is 5.11 Å². The third kappa shape index (κ3) is 2.62. The van der Waals surface area contributed by atoms with Crippen molar-refractivity contribution in [2.24, 2.45) is 0 Å². The maximum Gasteiger partial charge on any atom is 0.388 e. The molecular weight excluding hydrogens is 180 g/mol.